The molecule has 7 nitrogen and oxygen atoms in total. The Morgan fingerprint density at radius 1 is 1.29 bits per heavy atom. The summed E-state index contributed by atoms with van der Waals surface area (Å²) in [5.74, 6) is -1.14. The Morgan fingerprint density at radius 3 is 2.71 bits per heavy atom. The lowest BCUT2D eigenvalue weighted by molar-refractivity contribution is -0.159. The van der Waals surface area contributed by atoms with Crippen molar-refractivity contribution in [3.63, 3.8) is 0 Å². The largest absolute Gasteiger partial charge is 0.484 e. The molecule has 0 radical (unpaired) electrons. The number of para-hydroxylation sites is 1. The van der Waals surface area contributed by atoms with Crippen molar-refractivity contribution in [3.8, 4) is 5.75 Å². The van der Waals surface area contributed by atoms with E-state index >= 15 is 0 Å². The number of ether oxygens (including phenoxy) is 3. The molecule has 1 amide bonds. The predicted octanol–water partition coefficient (Wildman–Crippen LogP) is 0.0403. The van der Waals surface area contributed by atoms with E-state index < -0.39 is 23.9 Å². The van der Waals surface area contributed by atoms with Crippen LogP contribution in [0.25, 0.3) is 0 Å². The van der Waals surface area contributed by atoms with Crippen LogP contribution < -0.4 is 10.1 Å². The average molecular weight is 293 g/mol. The summed E-state index contributed by atoms with van der Waals surface area (Å²) in [5.41, 5.74) is 0. The topological polar surface area (TPSA) is 90.9 Å². The molecule has 0 aliphatic carbocycles. The molecular formula is C14H15NO6. The molecule has 0 aromatic heterocycles. The lowest BCUT2D eigenvalue weighted by Gasteiger charge is -2.09. The van der Waals surface area contributed by atoms with E-state index in [9.17, 15) is 14.4 Å². The third-order valence-corrected chi connectivity index (χ3v) is 2.70. The molecule has 0 saturated carbocycles. The predicted molar refractivity (Wildman–Crippen MR) is 70.4 cm³/mol. The molecule has 7 heteroatoms. The maximum absolute atomic E-state index is 11.5. The number of carbonyl (C=O) groups is 3. The number of esters is 2. The first-order valence-electron chi connectivity index (χ1n) is 6.46. The molecule has 0 spiro atoms. The molecule has 1 atom stereocenters. The van der Waals surface area contributed by atoms with Gasteiger partial charge in [0.15, 0.2) is 6.61 Å². The van der Waals surface area contributed by atoms with E-state index in [1.807, 2.05) is 6.07 Å². The molecular weight excluding hydrogens is 278 g/mol. The molecule has 0 bridgehead atoms. The van der Waals surface area contributed by atoms with E-state index in [0.29, 0.717) is 12.2 Å². The van der Waals surface area contributed by atoms with E-state index in [0.717, 1.165) is 0 Å². The second-order valence-electron chi connectivity index (χ2n) is 4.31. The van der Waals surface area contributed by atoms with Gasteiger partial charge in [-0.25, -0.2) is 4.79 Å². The molecule has 1 aliphatic rings. The molecule has 1 unspecified atom stereocenters. The maximum Gasteiger partial charge on any atom is 0.347 e. The standard InChI is InChI=1S/C14H15NO6/c16-12(9-20-10-4-2-1-3-5-10)15-8-13(17)21-11-6-7-19-14(11)18/h1-5,11H,6-9H2,(H,15,16). The van der Waals surface area contributed by atoms with Gasteiger partial charge < -0.3 is 19.5 Å². The van der Waals surface area contributed by atoms with Crippen LogP contribution >= 0.6 is 0 Å². The van der Waals surface area contributed by atoms with Crippen LogP contribution in [0.4, 0.5) is 0 Å². The Balaban J connectivity index is 1.64. The van der Waals surface area contributed by atoms with Gasteiger partial charge in [0.05, 0.1) is 6.61 Å². The zero-order chi connectivity index (χ0) is 15.1. The monoisotopic (exact) mass is 293 g/mol. The van der Waals surface area contributed by atoms with Crippen molar-refractivity contribution >= 4 is 17.8 Å². The highest BCUT2D eigenvalue weighted by atomic mass is 16.6. The summed E-state index contributed by atoms with van der Waals surface area (Å²) < 4.78 is 14.7. The Kier molecular flexibility index (Phi) is 5.14. The van der Waals surface area contributed by atoms with E-state index in [2.05, 4.69) is 10.1 Å². The van der Waals surface area contributed by atoms with Crippen molar-refractivity contribution in [3.05, 3.63) is 30.3 Å². The fourth-order valence-electron chi connectivity index (χ4n) is 1.67. The highest BCUT2D eigenvalue weighted by Crippen LogP contribution is 2.10. The van der Waals surface area contributed by atoms with Crippen LogP contribution in [0.5, 0.6) is 5.75 Å². The second kappa shape index (κ2) is 7.28. The van der Waals surface area contributed by atoms with Crippen LogP contribution in [0.1, 0.15) is 6.42 Å². The maximum atomic E-state index is 11.5. The molecule has 1 heterocycles. The van der Waals surface area contributed by atoms with Crippen LogP contribution in [0.3, 0.4) is 0 Å². The Morgan fingerprint density at radius 2 is 2.05 bits per heavy atom. The highest BCUT2D eigenvalue weighted by molar-refractivity contribution is 5.85. The van der Waals surface area contributed by atoms with Crippen LogP contribution in [-0.2, 0) is 23.9 Å². The van der Waals surface area contributed by atoms with Gasteiger partial charge in [0, 0.05) is 6.42 Å². The first-order chi connectivity index (χ1) is 10.1. The van der Waals surface area contributed by atoms with Gasteiger partial charge in [0.1, 0.15) is 12.3 Å². The Bertz CT molecular complexity index is 515. The molecule has 1 N–H and O–H groups in total. The van der Waals surface area contributed by atoms with E-state index in [-0.39, 0.29) is 19.8 Å². The molecule has 2 rings (SSSR count). The zero-order valence-corrected chi connectivity index (χ0v) is 11.2. The van der Waals surface area contributed by atoms with Crippen molar-refractivity contribution in [2.24, 2.45) is 0 Å². The van der Waals surface area contributed by atoms with E-state index in [4.69, 9.17) is 9.47 Å². The number of hydrogen-bond donors (Lipinski definition) is 1. The number of hydrogen-bond acceptors (Lipinski definition) is 6. The number of amides is 1. The van der Waals surface area contributed by atoms with Crippen LogP contribution in [-0.4, -0.2) is 43.7 Å². The number of rotatable bonds is 6. The van der Waals surface area contributed by atoms with Crippen molar-refractivity contribution in [1.82, 2.24) is 5.32 Å². The smallest absolute Gasteiger partial charge is 0.347 e. The summed E-state index contributed by atoms with van der Waals surface area (Å²) in [6.45, 7) is -0.280. The van der Waals surface area contributed by atoms with Crippen molar-refractivity contribution in [1.29, 1.82) is 0 Å². The van der Waals surface area contributed by atoms with Gasteiger partial charge in [-0.3, -0.25) is 9.59 Å². The molecule has 112 valence electrons. The molecule has 1 aliphatic heterocycles. The highest BCUT2D eigenvalue weighted by Gasteiger charge is 2.30. The minimum absolute atomic E-state index is 0.206. The normalized spacial score (nSPS) is 17.0. The third-order valence-electron chi connectivity index (χ3n) is 2.70. The Hall–Kier alpha value is -2.57. The molecule has 21 heavy (non-hydrogen) atoms. The second-order valence-corrected chi connectivity index (χ2v) is 4.31. The summed E-state index contributed by atoms with van der Waals surface area (Å²) in [6.07, 6.45) is -0.523. The lowest BCUT2D eigenvalue weighted by atomic mass is 10.3. The van der Waals surface area contributed by atoms with E-state index in [1.54, 1.807) is 24.3 Å². The molecule has 1 fully saturated rings. The van der Waals surface area contributed by atoms with Gasteiger partial charge in [0.2, 0.25) is 6.10 Å². The van der Waals surface area contributed by atoms with Crippen molar-refractivity contribution < 1.29 is 28.6 Å². The fraction of sp³-hybridized carbons (Fsp3) is 0.357. The molecule has 1 saturated heterocycles. The number of carbonyl (C=O) groups excluding carboxylic acids is 3. The van der Waals surface area contributed by atoms with Gasteiger partial charge in [0.25, 0.3) is 5.91 Å². The van der Waals surface area contributed by atoms with Crippen LogP contribution in [0, 0.1) is 0 Å². The molecule has 1 aromatic rings. The van der Waals surface area contributed by atoms with Gasteiger partial charge in [-0.1, -0.05) is 18.2 Å². The lowest BCUT2D eigenvalue weighted by Crippen LogP contribution is -2.36. The average Bonchev–Trinajstić information content (AvgIpc) is 2.89. The minimum atomic E-state index is -0.866. The third kappa shape index (κ3) is 4.79. The number of nitrogens with one attached hydrogen (secondary N) is 1. The van der Waals surface area contributed by atoms with Gasteiger partial charge >= 0.3 is 11.9 Å². The zero-order valence-electron chi connectivity index (χ0n) is 11.2. The first kappa shape index (κ1) is 14.8. The van der Waals surface area contributed by atoms with E-state index in [1.165, 1.54) is 0 Å². The summed E-state index contributed by atoms with van der Waals surface area (Å²) in [6, 6.07) is 8.83. The SMILES string of the molecule is O=C(COc1ccccc1)NCC(=O)OC1CCOC1=O. The van der Waals surface area contributed by atoms with Crippen LogP contribution in [0.2, 0.25) is 0 Å². The summed E-state index contributed by atoms with van der Waals surface area (Å²) in [7, 11) is 0. The summed E-state index contributed by atoms with van der Waals surface area (Å²) >= 11 is 0. The summed E-state index contributed by atoms with van der Waals surface area (Å²) in [5, 5.41) is 2.35. The first-order valence-corrected chi connectivity index (χ1v) is 6.46. The van der Waals surface area contributed by atoms with Crippen molar-refractivity contribution in [2.75, 3.05) is 19.8 Å². The van der Waals surface area contributed by atoms with Gasteiger partial charge in [-0.15, -0.1) is 0 Å². The Labute approximate surface area is 121 Å². The summed E-state index contributed by atoms with van der Waals surface area (Å²) in [4.78, 5) is 34.0. The fourth-order valence-corrected chi connectivity index (χ4v) is 1.67. The van der Waals surface area contributed by atoms with Gasteiger partial charge in [-0.05, 0) is 12.1 Å². The van der Waals surface area contributed by atoms with Gasteiger partial charge in [-0.2, -0.15) is 0 Å². The minimum Gasteiger partial charge on any atom is -0.484 e. The number of benzene rings is 1. The molecule has 1 aromatic carbocycles. The quantitative estimate of drug-likeness (QED) is 0.745. The number of cyclic esters (lactones) is 1. The van der Waals surface area contributed by atoms with Crippen LogP contribution in [0.15, 0.2) is 30.3 Å². The van der Waals surface area contributed by atoms with Crippen molar-refractivity contribution in [2.45, 2.75) is 12.5 Å².